The molecule has 0 atom stereocenters. The van der Waals surface area contributed by atoms with Gasteiger partial charge in [-0.05, 0) is 24.8 Å². The Morgan fingerprint density at radius 1 is 1.26 bits per heavy atom. The fourth-order valence-electron chi connectivity index (χ4n) is 3.40. The number of hydrogen-bond donors (Lipinski definition) is 0. The molecule has 0 unspecified atom stereocenters. The molecule has 27 heavy (non-hydrogen) atoms. The molecule has 0 spiro atoms. The minimum absolute atomic E-state index is 0.0536. The van der Waals surface area contributed by atoms with Gasteiger partial charge in [0.05, 0.1) is 10.7 Å². The number of rotatable bonds is 5. The lowest BCUT2D eigenvalue weighted by atomic mass is 9.92. The molecule has 0 radical (unpaired) electrons. The van der Waals surface area contributed by atoms with Crippen LogP contribution in [0, 0.1) is 5.92 Å². The minimum atomic E-state index is -0.0536. The Hall–Kier alpha value is -1.95. The molecule has 1 saturated heterocycles. The molecule has 3 rings (SSSR count). The van der Waals surface area contributed by atoms with Crippen molar-refractivity contribution in [1.82, 2.24) is 14.5 Å². The van der Waals surface area contributed by atoms with E-state index in [1.165, 1.54) is 16.8 Å². The fourth-order valence-corrected chi connectivity index (χ4v) is 4.54. The zero-order valence-electron chi connectivity index (χ0n) is 16.5. The standard InChI is InChI=1S/C21H29N3O2S/c1-21(2,3)17-15-27-18(22-17)14-16-7-11-24(12-8-16)20(26)9-13-23-10-5-4-6-19(23)25/h4-6,10,15-16H,7-9,11-14H2,1-3H3. The van der Waals surface area contributed by atoms with Gasteiger partial charge in [-0.2, -0.15) is 0 Å². The number of piperidine rings is 1. The number of aryl methyl sites for hydroxylation is 1. The van der Waals surface area contributed by atoms with E-state index in [-0.39, 0.29) is 16.9 Å². The number of hydrogen-bond acceptors (Lipinski definition) is 4. The van der Waals surface area contributed by atoms with E-state index < -0.39 is 0 Å². The molecule has 1 fully saturated rings. The zero-order chi connectivity index (χ0) is 19.4. The number of aromatic nitrogens is 2. The summed E-state index contributed by atoms with van der Waals surface area (Å²) in [5.41, 5.74) is 1.22. The maximum atomic E-state index is 12.5. The van der Waals surface area contributed by atoms with Gasteiger partial charge in [-0.15, -0.1) is 11.3 Å². The van der Waals surface area contributed by atoms with Gasteiger partial charge in [0, 0.05) is 55.5 Å². The SMILES string of the molecule is CC(C)(C)c1csc(CC2CCN(C(=O)CCn3ccccc3=O)CC2)n1. The average molecular weight is 388 g/mol. The van der Waals surface area contributed by atoms with E-state index in [9.17, 15) is 9.59 Å². The molecule has 5 nitrogen and oxygen atoms in total. The minimum Gasteiger partial charge on any atom is -0.343 e. The monoisotopic (exact) mass is 387 g/mol. The largest absolute Gasteiger partial charge is 0.343 e. The van der Waals surface area contributed by atoms with E-state index in [1.54, 1.807) is 28.2 Å². The smallest absolute Gasteiger partial charge is 0.250 e. The Morgan fingerprint density at radius 2 is 2.00 bits per heavy atom. The first kappa shape index (κ1) is 19.8. The number of carbonyl (C=O) groups excluding carboxylic acids is 1. The van der Waals surface area contributed by atoms with Crippen molar-refractivity contribution in [3.63, 3.8) is 0 Å². The van der Waals surface area contributed by atoms with Crippen molar-refractivity contribution in [2.45, 2.75) is 58.4 Å². The Bertz CT molecular complexity index is 826. The summed E-state index contributed by atoms with van der Waals surface area (Å²) in [7, 11) is 0. The Kier molecular flexibility index (Phi) is 6.15. The summed E-state index contributed by atoms with van der Waals surface area (Å²) in [4.78, 5) is 30.9. The lowest BCUT2D eigenvalue weighted by Gasteiger charge is -2.32. The fraction of sp³-hybridized carbons (Fsp3) is 0.571. The summed E-state index contributed by atoms with van der Waals surface area (Å²) in [6, 6.07) is 5.07. The van der Waals surface area contributed by atoms with E-state index in [1.807, 2.05) is 11.0 Å². The van der Waals surface area contributed by atoms with Crippen LogP contribution in [0.2, 0.25) is 0 Å². The van der Waals surface area contributed by atoms with Gasteiger partial charge in [-0.25, -0.2) is 4.98 Å². The topological polar surface area (TPSA) is 55.2 Å². The van der Waals surface area contributed by atoms with Crippen LogP contribution in [0.5, 0.6) is 0 Å². The summed E-state index contributed by atoms with van der Waals surface area (Å²) >= 11 is 1.76. The van der Waals surface area contributed by atoms with Crippen molar-refractivity contribution in [2.75, 3.05) is 13.1 Å². The van der Waals surface area contributed by atoms with Crippen LogP contribution in [0.15, 0.2) is 34.6 Å². The van der Waals surface area contributed by atoms with E-state index in [4.69, 9.17) is 4.98 Å². The van der Waals surface area contributed by atoms with E-state index in [0.29, 0.717) is 18.9 Å². The predicted octanol–water partition coefficient (Wildman–Crippen LogP) is 3.47. The highest BCUT2D eigenvalue weighted by molar-refractivity contribution is 7.09. The third-order valence-corrected chi connectivity index (χ3v) is 6.09. The molecule has 3 heterocycles. The number of pyridine rings is 1. The summed E-state index contributed by atoms with van der Waals surface area (Å²) in [5, 5.41) is 3.40. The zero-order valence-corrected chi connectivity index (χ0v) is 17.3. The van der Waals surface area contributed by atoms with Gasteiger partial charge in [0.1, 0.15) is 0 Å². The van der Waals surface area contributed by atoms with Gasteiger partial charge < -0.3 is 9.47 Å². The van der Waals surface area contributed by atoms with Gasteiger partial charge >= 0.3 is 0 Å². The summed E-state index contributed by atoms with van der Waals surface area (Å²) in [6.07, 6.45) is 5.20. The first-order chi connectivity index (χ1) is 12.8. The number of nitrogens with zero attached hydrogens (tertiary/aromatic N) is 3. The van der Waals surface area contributed by atoms with Crippen molar-refractivity contribution in [3.05, 3.63) is 50.8 Å². The van der Waals surface area contributed by atoms with Crippen LogP contribution in [-0.2, 0) is 23.2 Å². The van der Waals surface area contributed by atoms with Crippen LogP contribution in [0.4, 0.5) is 0 Å². The second kappa shape index (κ2) is 8.38. The molecule has 0 bridgehead atoms. The molecule has 146 valence electrons. The maximum Gasteiger partial charge on any atom is 0.250 e. The van der Waals surface area contributed by atoms with Gasteiger partial charge in [-0.3, -0.25) is 9.59 Å². The third kappa shape index (κ3) is 5.28. The molecule has 1 aliphatic rings. The molecule has 1 aliphatic heterocycles. The van der Waals surface area contributed by atoms with E-state index in [2.05, 4.69) is 26.2 Å². The highest BCUT2D eigenvalue weighted by Crippen LogP contribution is 2.28. The van der Waals surface area contributed by atoms with Crippen LogP contribution in [-0.4, -0.2) is 33.4 Å². The second-order valence-electron chi connectivity index (χ2n) is 8.39. The Morgan fingerprint density at radius 3 is 2.63 bits per heavy atom. The van der Waals surface area contributed by atoms with Crippen LogP contribution in [0.25, 0.3) is 0 Å². The quantitative estimate of drug-likeness (QED) is 0.789. The molecule has 6 heteroatoms. The predicted molar refractivity (Wildman–Crippen MR) is 109 cm³/mol. The number of carbonyl (C=O) groups is 1. The van der Waals surface area contributed by atoms with Crippen molar-refractivity contribution >= 4 is 17.2 Å². The molecule has 0 aliphatic carbocycles. The molecule has 0 aromatic carbocycles. The van der Waals surface area contributed by atoms with Crippen molar-refractivity contribution in [3.8, 4) is 0 Å². The molecule has 0 N–H and O–H groups in total. The van der Waals surface area contributed by atoms with Crippen molar-refractivity contribution in [2.24, 2.45) is 5.92 Å². The molecule has 2 aromatic rings. The van der Waals surface area contributed by atoms with Gasteiger partial charge in [-0.1, -0.05) is 26.8 Å². The first-order valence-electron chi connectivity index (χ1n) is 9.71. The highest BCUT2D eigenvalue weighted by Gasteiger charge is 2.24. The second-order valence-corrected chi connectivity index (χ2v) is 9.33. The van der Waals surface area contributed by atoms with E-state index >= 15 is 0 Å². The summed E-state index contributed by atoms with van der Waals surface area (Å²) in [5.74, 6) is 0.748. The normalized spacial score (nSPS) is 15.9. The number of amides is 1. The van der Waals surface area contributed by atoms with Crippen LogP contribution < -0.4 is 5.56 Å². The highest BCUT2D eigenvalue weighted by atomic mass is 32.1. The molecule has 0 saturated carbocycles. The van der Waals surface area contributed by atoms with Gasteiger partial charge in [0.15, 0.2) is 0 Å². The summed E-state index contributed by atoms with van der Waals surface area (Å²) in [6.45, 7) is 8.65. The van der Waals surface area contributed by atoms with Crippen LogP contribution in [0.1, 0.15) is 50.7 Å². The first-order valence-corrected chi connectivity index (χ1v) is 10.6. The van der Waals surface area contributed by atoms with Gasteiger partial charge in [0.2, 0.25) is 5.91 Å². The van der Waals surface area contributed by atoms with Crippen molar-refractivity contribution in [1.29, 1.82) is 0 Å². The number of likely N-dealkylation sites (tertiary alicyclic amines) is 1. The summed E-state index contributed by atoms with van der Waals surface area (Å²) < 4.78 is 1.60. The lowest BCUT2D eigenvalue weighted by Crippen LogP contribution is -2.39. The Labute approximate surface area is 165 Å². The molecule has 2 aromatic heterocycles. The third-order valence-electron chi connectivity index (χ3n) is 5.22. The Balaban J connectivity index is 1.46. The molecule has 1 amide bonds. The maximum absolute atomic E-state index is 12.5. The number of thiazole rings is 1. The van der Waals surface area contributed by atoms with Crippen LogP contribution in [0.3, 0.4) is 0 Å². The van der Waals surface area contributed by atoms with Crippen molar-refractivity contribution < 1.29 is 4.79 Å². The van der Waals surface area contributed by atoms with E-state index in [0.717, 1.165) is 32.4 Å². The molecular weight excluding hydrogens is 358 g/mol. The average Bonchev–Trinajstić information content (AvgIpc) is 3.10. The lowest BCUT2D eigenvalue weighted by molar-refractivity contribution is -0.132. The molecular formula is C21H29N3O2S. The van der Waals surface area contributed by atoms with Gasteiger partial charge in [0.25, 0.3) is 5.56 Å². The van der Waals surface area contributed by atoms with Crippen LogP contribution >= 0.6 is 11.3 Å².